The summed E-state index contributed by atoms with van der Waals surface area (Å²) in [5.74, 6) is 2.06. The van der Waals surface area contributed by atoms with Gasteiger partial charge in [0, 0.05) is 50.7 Å². The first kappa shape index (κ1) is 21.0. The van der Waals surface area contributed by atoms with Crippen molar-refractivity contribution in [2.24, 2.45) is 0 Å². The molecule has 5 rings (SSSR count). The number of para-hydroxylation sites is 2. The van der Waals surface area contributed by atoms with Crippen LogP contribution < -0.4 is 9.64 Å². The van der Waals surface area contributed by atoms with Crippen LogP contribution in [-0.4, -0.2) is 66.4 Å². The third-order valence-corrected chi connectivity index (χ3v) is 6.38. The van der Waals surface area contributed by atoms with Crippen LogP contribution in [0.2, 0.25) is 0 Å². The highest BCUT2D eigenvalue weighted by atomic mass is 16.5. The van der Waals surface area contributed by atoms with Gasteiger partial charge in [-0.2, -0.15) is 0 Å². The van der Waals surface area contributed by atoms with E-state index in [4.69, 9.17) is 14.5 Å². The molecule has 7 heteroatoms. The van der Waals surface area contributed by atoms with Crippen LogP contribution in [0.25, 0.3) is 11.0 Å². The number of benzene rings is 2. The van der Waals surface area contributed by atoms with Gasteiger partial charge in [0.15, 0.2) is 0 Å². The summed E-state index contributed by atoms with van der Waals surface area (Å²) in [4.78, 5) is 22.2. The van der Waals surface area contributed by atoms with Gasteiger partial charge in [-0.25, -0.2) is 4.98 Å². The van der Waals surface area contributed by atoms with Gasteiger partial charge < -0.3 is 18.9 Å². The minimum absolute atomic E-state index is 0.0751. The summed E-state index contributed by atoms with van der Waals surface area (Å²) < 4.78 is 13.3. The molecule has 7 nitrogen and oxygen atoms in total. The number of nitrogens with zero attached hydrogens (tertiary/aromatic N) is 4. The largest absolute Gasteiger partial charge is 0.494 e. The lowest BCUT2D eigenvalue weighted by molar-refractivity contribution is -0.117. The van der Waals surface area contributed by atoms with E-state index >= 15 is 0 Å². The summed E-state index contributed by atoms with van der Waals surface area (Å²) >= 11 is 0. The second kappa shape index (κ2) is 9.30. The first-order chi connectivity index (χ1) is 15.7. The Morgan fingerprint density at radius 3 is 2.62 bits per heavy atom. The predicted octanol–water partition coefficient (Wildman–Crippen LogP) is 3.29. The minimum Gasteiger partial charge on any atom is -0.494 e. The summed E-state index contributed by atoms with van der Waals surface area (Å²) in [5, 5.41) is 0. The smallest absolute Gasteiger partial charge is 0.227 e. The van der Waals surface area contributed by atoms with Gasteiger partial charge in [0.2, 0.25) is 5.91 Å². The number of rotatable bonds is 7. The predicted molar refractivity (Wildman–Crippen MR) is 124 cm³/mol. The number of carbonyl (C=O) groups excluding carboxylic acids is 1. The summed E-state index contributed by atoms with van der Waals surface area (Å²) in [6, 6.07) is 16.1. The standard InChI is InChI=1S/C25H30N4O3/c1-2-32-21-9-7-20(8-10-21)29-18-19(17-24(29)30)25-26-22-5-3-4-6-23(22)28(25)12-11-27-13-15-31-16-14-27/h3-10,19H,2,11-18H2,1H3/t19-/m0/s1. The number of amides is 1. The molecule has 2 saturated heterocycles. The van der Waals surface area contributed by atoms with Crippen molar-refractivity contribution in [3.63, 3.8) is 0 Å². The minimum atomic E-state index is 0.0751. The van der Waals surface area contributed by atoms with Crippen molar-refractivity contribution < 1.29 is 14.3 Å². The van der Waals surface area contributed by atoms with E-state index in [1.54, 1.807) is 0 Å². The van der Waals surface area contributed by atoms with E-state index in [1.165, 1.54) is 0 Å². The zero-order valence-corrected chi connectivity index (χ0v) is 18.6. The van der Waals surface area contributed by atoms with Crippen molar-refractivity contribution in [3.8, 4) is 5.75 Å². The zero-order chi connectivity index (χ0) is 21.9. The number of imidazole rings is 1. The molecule has 2 aliphatic heterocycles. The van der Waals surface area contributed by atoms with Crippen LogP contribution in [0.15, 0.2) is 48.5 Å². The maximum atomic E-state index is 12.9. The fourth-order valence-corrected chi connectivity index (χ4v) is 4.73. The molecule has 1 amide bonds. The van der Waals surface area contributed by atoms with Crippen LogP contribution >= 0.6 is 0 Å². The Hall–Kier alpha value is -2.90. The highest BCUT2D eigenvalue weighted by Gasteiger charge is 2.35. The molecule has 3 aromatic rings. The Morgan fingerprint density at radius 1 is 1.06 bits per heavy atom. The molecule has 0 spiro atoms. The van der Waals surface area contributed by atoms with E-state index in [9.17, 15) is 4.79 Å². The fraction of sp³-hybridized carbons (Fsp3) is 0.440. The van der Waals surface area contributed by atoms with E-state index in [0.29, 0.717) is 19.6 Å². The third-order valence-electron chi connectivity index (χ3n) is 6.38. The lowest BCUT2D eigenvalue weighted by atomic mass is 10.1. The Balaban J connectivity index is 1.38. The lowest BCUT2D eigenvalue weighted by Crippen LogP contribution is -2.38. The van der Waals surface area contributed by atoms with Crippen molar-refractivity contribution in [3.05, 3.63) is 54.4 Å². The van der Waals surface area contributed by atoms with Crippen molar-refractivity contribution in [1.82, 2.24) is 14.5 Å². The molecular weight excluding hydrogens is 404 g/mol. The molecule has 2 fully saturated rings. The fourth-order valence-electron chi connectivity index (χ4n) is 4.73. The number of fused-ring (bicyclic) bond motifs is 1. The molecular formula is C25H30N4O3. The average molecular weight is 435 g/mol. The highest BCUT2D eigenvalue weighted by molar-refractivity contribution is 5.96. The summed E-state index contributed by atoms with van der Waals surface area (Å²) in [7, 11) is 0. The van der Waals surface area contributed by atoms with Crippen LogP contribution in [0.5, 0.6) is 5.75 Å². The normalized spacial score (nSPS) is 19.7. The van der Waals surface area contributed by atoms with Gasteiger partial charge in [0.1, 0.15) is 11.6 Å². The van der Waals surface area contributed by atoms with Crippen molar-refractivity contribution in [2.45, 2.75) is 25.8 Å². The van der Waals surface area contributed by atoms with Gasteiger partial charge >= 0.3 is 0 Å². The number of aromatic nitrogens is 2. The molecule has 0 N–H and O–H groups in total. The van der Waals surface area contributed by atoms with Crippen LogP contribution in [-0.2, 0) is 16.1 Å². The maximum absolute atomic E-state index is 12.9. The quantitative estimate of drug-likeness (QED) is 0.571. The van der Waals surface area contributed by atoms with E-state index < -0.39 is 0 Å². The van der Waals surface area contributed by atoms with Crippen molar-refractivity contribution in [1.29, 1.82) is 0 Å². The number of hydrogen-bond donors (Lipinski definition) is 0. The van der Waals surface area contributed by atoms with Crippen LogP contribution in [0.1, 0.15) is 25.1 Å². The topological polar surface area (TPSA) is 59.8 Å². The zero-order valence-electron chi connectivity index (χ0n) is 18.6. The van der Waals surface area contributed by atoms with Gasteiger partial charge in [0.05, 0.1) is 30.9 Å². The lowest BCUT2D eigenvalue weighted by Gasteiger charge is -2.27. The Morgan fingerprint density at radius 2 is 1.84 bits per heavy atom. The van der Waals surface area contributed by atoms with E-state index in [1.807, 2.05) is 42.2 Å². The average Bonchev–Trinajstić information content (AvgIpc) is 3.39. The molecule has 2 aliphatic rings. The molecule has 0 unspecified atom stereocenters. The molecule has 1 aromatic heterocycles. The molecule has 2 aromatic carbocycles. The SMILES string of the molecule is CCOc1ccc(N2C[C@@H](c3nc4ccccc4n3CCN3CCOCC3)CC2=O)cc1. The van der Waals surface area contributed by atoms with Gasteiger partial charge in [0.25, 0.3) is 0 Å². The first-order valence-corrected chi connectivity index (χ1v) is 11.5. The van der Waals surface area contributed by atoms with E-state index in [2.05, 4.69) is 27.7 Å². The molecule has 0 saturated carbocycles. The maximum Gasteiger partial charge on any atom is 0.227 e. The van der Waals surface area contributed by atoms with Crippen molar-refractivity contribution >= 4 is 22.6 Å². The molecule has 0 radical (unpaired) electrons. The van der Waals surface area contributed by atoms with Gasteiger partial charge in [-0.05, 0) is 43.3 Å². The van der Waals surface area contributed by atoms with Gasteiger partial charge in [-0.3, -0.25) is 9.69 Å². The summed E-state index contributed by atoms with van der Waals surface area (Å²) in [5.41, 5.74) is 3.05. The second-order valence-corrected chi connectivity index (χ2v) is 8.40. The summed E-state index contributed by atoms with van der Waals surface area (Å²) in [6.07, 6.45) is 0.480. The van der Waals surface area contributed by atoms with Gasteiger partial charge in [-0.1, -0.05) is 12.1 Å². The van der Waals surface area contributed by atoms with Gasteiger partial charge in [-0.15, -0.1) is 0 Å². The Bertz CT molecular complexity index is 1070. The second-order valence-electron chi connectivity index (χ2n) is 8.40. The monoisotopic (exact) mass is 434 g/mol. The van der Waals surface area contributed by atoms with Crippen LogP contribution in [0.3, 0.4) is 0 Å². The Labute approximate surface area is 188 Å². The summed E-state index contributed by atoms with van der Waals surface area (Å²) in [6.45, 7) is 8.60. The number of ether oxygens (including phenoxy) is 2. The Kier molecular flexibility index (Phi) is 6.10. The molecule has 168 valence electrons. The third kappa shape index (κ3) is 4.23. The highest BCUT2D eigenvalue weighted by Crippen LogP contribution is 2.33. The number of carbonyl (C=O) groups is 1. The number of morpholine rings is 1. The number of anilines is 1. The molecule has 3 heterocycles. The molecule has 0 bridgehead atoms. The number of hydrogen-bond acceptors (Lipinski definition) is 5. The van der Waals surface area contributed by atoms with Crippen LogP contribution in [0.4, 0.5) is 5.69 Å². The van der Waals surface area contributed by atoms with Crippen LogP contribution in [0, 0.1) is 0 Å². The molecule has 0 aliphatic carbocycles. The first-order valence-electron chi connectivity index (χ1n) is 11.5. The van der Waals surface area contributed by atoms with Crippen molar-refractivity contribution in [2.75, 3.05) is 50.9 Å². The molecule has 1 atom stereocenters. The van der Waals surface area contributed by atoms with E-state index in [0.717, 1.165) is 67.7 Å². The molecule has 32 heavy (non-hydrogen) atoms. The van der Waals surface area contributed by atoms with E-state index in [-0.39, 0.29) is 11.8 Å².